The van der Waals surface area contributed by atoms with Crippen LogP contribution < -0.4 is 0 Å². The van der Waals surface area contributed by atoms with Gasteiger partial charge in [0, 0.05) is 25.0 Å². The van der Waals surface area contributed by atoms with Crippen LogP contribution in [0.4, 0.5) is 0 Å². The van der Waals surface area contributed by atoms with Crippen LogP contribution in [0.2, 0.25) is 0 Å². The van der Waals surface area contributed by atoms with Crippen molar-refractivity contribution in [3.05, 3.63) is 35.9 Å². The number of ether oxygens (including phenoxy) is 1. The molecule has 8 nitrogen and oxygen atoms in total. The zero-order valence-corrected chi connectivity index (χ0v) is 24.4. The van der Waals surface area contributed by atoms with Crippen molar-refractivity contribution in [3.63, 3.8) is 0 Å². The van der Waals surface area contributed by atoms with E-state index in [1.54, 1.807) is 0 Å². The van der Waals surface area contributed by atoms with Gasteiger partial charge in [0.2, 0.25) is 13.3 Å². The summed E-state index contributed by atoms with van der Waals surface area (Å²) < 4.78 is 26.1. The highest BCUT2D eigenvalue weighted by Crippen LogP contribution is 2.51. The fourth-order valence-corrected chi connectivity index (χ4v) is 8.20. The largest absolute Gasteiger partial charge is 0.480 e. The highest BCUT2D eigenvalue weighted by Gasteiger charge is 2.44. The molecule has 2 unspecified atom stereocenters. The lowest BCUT2D eigenvalue weighted by molar-refractivity contribution is -0.147. The summed E-state index contributed by atoms with van der Waals surface area (Å²) in [5.74, 6) is -0.953. The van der Waals surface area contributed by atoms with Crippen molar-refractivity contribution in [3.8, 4) is 0 Å². The SMILES string of the molecule is CC(C)C(OCCC=O)OP(=O)(CCCCc1ccccc1)CC(=O)N1C[C@@H](C2CCCCC2)C[C@@H]1C(=O)O. The number of hydrogen-bond donors (Lipinski definition) is 1. The second-order valence-corrected chi connectivity index (χ2v) is 14.1. The van der Waals surface area contributed by atoms with Crippen molar-refractivity contribution in [2.75, 3.05) is 25.5 Å². The number of aryl methyl sites for hydroxylation is 1. The number of likely N-dealkylation sites (tertiary alicyclic amines) is 1. The van der Waals surface area contributed by atoms with Crippen LogP contribution in [0.25, 0.3) is 0 Å². The van der Waals surface area contributed by atoms with Gasteiger partial charge in [0.05, 0.1) is 6.61 Å². The first-order valence-corrected chi connectivity index (χ1v) is 16.6. The fraction of sp³-hybridized carbons (Fsp3) is 0.700. The fourth-order valence-electron chi connectivity index (χ4n) is 5.88. The maximum atomic E-state index is 14.2. The number of carbonyl (C=O) groups is 3. The minimum Gasteiger partial charge on any atom is -0.480 e. The zero-order valence-electron chi connectivity index (χ0n) is 23.5. The normalized spacial score (nSPS) is 22.5. The van der Waals surface area contributed by atoms with Crippen LogP contribution in [0.1, 0.15) is 77.2 Å². The van der Waals surface area contributed by atoms with Gasteiger partial charge in [-0.1, -0.05) is 76.3 Å². The van der Waals surface area contributed by atoms with Crippen LogP contribution in [0.5, 0.6) is 0 Å². The van der Waals surface area contributed by atoms with Gasteiger partial charge >= 0.3 is 5.97 Å². The van der Waals surface area contributed by atoms with Gasteiger partial charge in [-0.05, 0) is 43.1 Å². The maximum absolute atomic E-state index is 14.2. The lowest BCUT2D eigenvalue weighted by atomic mass is 9.79. The van der Waals surface area contributed by atoms with Crippen LogP contribution in [0.3, 0.4) is 0 Å². The summed E-state index contributed by atoms with van der Waals surface area (Å²) in [6.45, 7) is 4.30. The number of rotatable bonds is 16. The maximum Gasteiger partial charge on any atom is 0.326 e. The Bertz CT molecular complexity index is 963. The Balaban J connectivity index is 1.70. The molecule has 2 aliphatic rings. The minimum atomic E-state index is -3.51. The van der Waals surface area contributed by atoms with Gasteiger partial charge in [0.15, 0.2) is 6.29 Å². The predicted molar refractivity (Wildman–Crippen MR) is 151 cm³/mol. The summed E-state index contributed by atoms with van der Waals surface area (Å²) in [5, 5.41) is 9.92. The Morgan fingerprint density at radius 1 is 1.10 bits per heavy atom. The third kappa shape index (κ3) is 9.84. The van der Waals surface area contributed by atoms with Crippen LogP contribution in [0.15, 0.2) is 30.3 Å². The first-order chi connectivity index (χ1) is 18.7. The van der Waals surface area contributed by atoms with E-state index in [2.05, 4.69) is 12.1 Å². The van der Waals surface area contributed by atoms with E-state index in [9.17, 15) is 24.1 Å². The summed E-state index contributed by atoms with van der Waals surface area (Å²) in [4.78, 5) is 37.9. The van der Waals surface area contributed by atoms with Crippen molar-refractivity contribution < 1.29 is 33.3 Å². The number of aliphatic carboxylic acids is 1. The van der Waals surface area contributed by atoms with Crippen molar-refractivity contribution in [2.45, 2.75) is 90.4 Å². The van der Waals surface area contributed by atoms with Gasteiger partial charge in [-0.15, -0.1) is 0 Å². The van der Waals surface area contributed by atoms with Gasteiger partial charge in [0.25, 0.3) is 0 Å². The van der Waals surface area contributed by atoms with Gasteiger partial charge in [-0.3, -0.25) is 13.9 Å². The molecule has 0 radical (unpaired) electrons. The number of benzene rings is 1. The molecule has 1 heterocycles. The third-order valence-electron chi connectivity index (χ3n) is 8.05. The van der Waals surface area contributed by atoms with E-state index in [0.29, 0.717) is 25.3 Å². The Morgan fingerprint density at radius 2 is 1.82 bits per heavy atom. The van der Waals surface area contributed by atoms with Crippen molar-refractivity contribution in [1.29, 1.82) is 0 Å². The molecule has 1 N–H and O–H groups in total. The van der Waals surface area contributed by atoms with E-state index < -0.39 is 31.6 Å². The molecule has 1 aromatic rings. The molecule has 218 valence electrons. The third-order valence-corrected chi connectivity index (χ3v) is 10.4. The number of aldehydes is 1. The van der Waals surface area contributed by atoms with Crippen LogP contribution in [-0.2, 0) is 34.6 Å². The molecule has 0 bridgehead atoms. The predicted octanol–water partition coefficient (Wildman–Crippen LogP) is 5.77. The first kappa shape index (κ1) is 31.5. The van der Waals surface area contributed by atoms with E-state index in [1.165, 1.54) is 16.9 Å². The second kappa shape index (κ2) is 15.7. The topological polar surface area (TPSA) is 110 Å². The van der Waals surface area contributed by atoms with Crippen molar-refractivity contribution >= 4 is 25.5 Å². The molecule has 1 amide bonds. The summed E-state index contributed by atoms with van der Waals surface area (Å²) in [6.07, 6.45) is 8.36. The molecule has 39 heavy (non-hydrogen) atoms. The lowest BCUT2D eigenvalue weighted by Gasteiger charge is -2.30. The molecule has 3 rings (SSSR count). The van der Waals surface area contributed by atoms with Gasteiger partial charge in [0.1, 0.15) is 18.5 Å². The second-order valence-electron chi connectivity index (χ2n) is 11.5. The lowest BCUT2D eigenvalue weighted by Crippen LogP contribution is -2.42. The summed E-state index contributed by atoms with van der Waals surface area (Å²) >= 11 is 0. The van der Waals surface area contributed by atoms with E-state index in [4.69, 9.17) is 9.26 Å². The van der Waals surface area contributed by atoms with Crippen molar-refractivity contribution in [1.82, 2.24) is 4.90 Å². The monoisotopic (exact) mass is 563 g/mol. The van der Waals surface area contributed by atoms with Crippen LogP contribution >= 0.6 is 7.37 Å². The average molecular weight is 564 g/mol. The molecule has 1 aliphatic heterocycles. The van der Waals surface area contributed by atoms with Crippen molar-refractivity contribution in [2.24, 2.45) is 17.8 Å². The zero-order chi connectivity index (χ0) is 28.3. The molecule has 9 heteroatoms. The number of carboxylic acids is 1. The van der Waals surface area contributed by atoms with E-state index >= 15 is 0 Å². The highest BCUT2D eigenvalue weighted by atomic mass is 31.2. The molecule has 1 aliphatic carbocycles. The molecule has 4 atom stereocenters. The molecule has 0 aromatic heterocycles. The Morgan fingerprint density at radius 3 is 2.46 bits per heavy atom. The molecular formula is C30H46NO7P. The van der Waals surface area contributed by atoms with Gasteiger partial charge in [-0.2, -0.15) is 0 Å². The van der Waals surface area contributed by atoms with Gasteiger partial charge in [-0.25, -0.2) is 4.79 Å². The summed E-state index contributed by atoms with van der Waals surface area (Å²) in [6, 6.07) is 9.16. The molecule has 1 aromatic carbocycles. The molecule has 0 spiro atoms. The summed E-state index contributed by atoms with van der Waals surface area (Å²) in [5.41, 5.74) is 1.19. The van der Waals surface area contributed by atoms with E-state index in [-0.39, 0.29) is 37.2 Å². The first-order valence-electron chi connectivity index (χ1n) is 14.6. The minimum absolute atomic E-state index is 0.140. The van der Waals surface area contributed by atoms with Gasteiger partial charge < -0.3 is 19.5 Å². The van der Waals surface area contributed by atoms with Crippen LogP contribution in [0, 0.1) is 17.8 Å². The number of hydrogen-bond acceptors (Lipinski definition) is 6. The number of unbranched alkanes of at least 4 members (excludes halogenated alkanes) is 1. The molecular weight excluding hydrogens is 517 g/mol. The molecule has 1 saturated carbocycles. The Labute approximate surface area is 233 Å². The molecule has 1 saturated heterocycles. The number of amides is 1. The van der Waals surface area contributed by atoms with E-state index in [0.717, 1.165) is 44.8 Å². The number of nitrogens with zero attached hydrogens (tertiary/aromatic N) is 1. The smallest absolute Gasteiger partial charge is 0.326 e. The Kier molecular flexibility index (Phi) is 12.7. The highest BCUT2D eigenvalue weighted by molar-refractivity contribution is 7.59. The van der Waals surface area contributed by atoms with E-state index in [1.807, 2.05) is 32.0 Å². The average Bonchev–Trinajstić information content (AvgIpc) is 3.38. The Hall–Kier alpha value is -2.02. The quantitative estimate of drug-likeness (QED) is 0.118. The summed E-state index contributed by atoms with van der Waals surface area (Å²) in [7, 11) is -3.51. The standard InChI is InChI=1S/C30H46NO7P/c1-23(2)30(37-18-11-17-32)38-39(36,19-10-9-14-24-12-5-3-6-13-24)22-28(33)31-21-26(20-27(31)29(34)35)25-15-7-4-8-16-25/h3,5-6,12-13,17,23,25-27,30H,4,7-11,14-16,18-22H2,1-2H3,(H,34,35)/t26-,27+,30?,39?/m0/s1. The number of carboxylic acid groups (broad SMARTS) is 1. The van der Waals surface area contributed by atoms with Crippen LogP contribution in [-0.4, -0.2) is 66.0 Å². The molecule has 2 fully saturated rings. The number of carbonyl (C=O) groups excluding carboxylic acids is 2.